The topological polar surface area (TPSA) is 43.1 Å². The Balaban J connectivity index is 1.72. The van der Waals surface area contributed by atoms with Crippen molar-refractivity contribution in [1.82, 2.24) is 0 Å². The number of nitrogens with zero attached hydrogens (tertiary/aromatic N) is 1. The van der Waals surface area contributed by atoms with E-state index >= 15 is 0 Å². The summed E-state index contributed by atoms with van der Waals surface area (Å²) in [5, 5.41) is 12.8. The molecule has 4 heteroatoms. The van der Waals surface area contributed by atoms with Crippen LogP contribution in [0.1, 0.15) is 208 Å². The van der Waals surface area contributed by atoms with Gasteiger partial charge < -0.3 is 0 Å². The van der Waals surface area contributed by atoms with Crippen molar-refractivity contribution in [3.8, 4) is 66.8 Å². The van der Waals surface area contributed by atoms with Crippen LogP contribution in [0.15, 0.2) is 127 Å². The number of hydrogen-bond donors (Lipinski definition) is 0. The summed E-state index contributed by atoms with van der Waals surface area (Å²) in [4.78, 5) is 12.8. The van der Waals surface area contributed by atoms with Gasteiger partial charge in [-0.05, 0) is 188 Å². The molecule has 0 radical (unpaired) electrons. The molecule has 0 amide bonds. The maximum atomic E-state index is 12.8. The molecule has 0 fully saturated rings. The van der Waals surface area contributed by atoms with E-state index in [0.29, 0.717) is 35.5 Å². The van der Waals surface area contributed by atoms with Gasteiger partial charge in [0, 0.05) is 0 Å². The Hall–Kier alpha value is -5.71. The third-order valence-corrected chi connectivity index (χ3v) is 15.3. The summed E-state index contributed by atoms with van der Waals surface area (Å²) in [7, 11) is 0. The molecule has 0 saturated heterocycles. The summed E-state index contributed by atoms with van der Waals surface area (Å²) in [5.41, 5.74) is 25.8. The standard InChI is InChI=1S/C67H79NO2S/c1-39(2)49-24-17-19-26-55(49)47-34-59(64(45(13)14)61(36-47)66-51(41(5)6)28-21-29-52(66)42(7)8)57-32-23-33-58(63(57)38-71-68(69)70)60-35-48(56-27-20-18-25-50(56)40(3)4)37-62(65(60)46(15)16)67-53(43(9)10)30-22-31-54(67)44(11)12/h17-37,39-46H,38H2,1-16H3. The Morgan fingerprint density at radius 1 is 0.352 bits per heavy atom. The molecule has 0 atom stereocenters. The Morgan fingerprint density at radius 2 is 0.634 bits per heavy atom. The van der Waals surface area contributed by atoms with E-state index in [1.807, 2.05) is 0 Å². The molecular formula is C67H79NO2S. The van der Waals surface area contributed by atoms with Crippen molar-refractivity contribution in [2.45, 2.75) is 164 Å². The normalized spacial score (nSPS) is 12.1. The van der Waals surface area contributed by atoms with Crippen LogP contribution in [0.4, 0.5) is 0 Å². The minimum absolute atomic E-state index is 0.130. The minimum atomic E-state index is -0.212. The Bertz CT molecular complexity index is 2790. The van der Waals surface area contributed by atoms with Gasteiger partial charge in [-0.3, -0.25) is 10.1 Å². The Morgan fingerprint density at radius 3 is 0.944 bits per heavy atom. The third-order valence-electron chi connectivity index (χ3n) is 14.7. The van der Waals surface area contributed by atoms with E-state index in [0.717, 1.165) is 39.8 Å². The van der Waals surface area contributed by atoms with Crippen LogP contribution in [0.25, 0.3) is 66.8 Å². The lowest BCUT2D eigenvalue weighted by molar-refractivity contribution is -0.284. The highest BCUT2D eigenvalue weighted by Gasteiger charge is 2.29. The van der Waals surface area contributed by atoms with E-state index in [-0.39, 0.29) is 21.9 Å². The van der Waals surface area contributed by atoms with E-state index in [1.54, 1.807) is 0 Å². The molecule has 0 unspecified atom stereocenters. The fourth-order valence-corrected chi connectivity index (χ4v) is 11.9. The lowest BCUT2D eigenvalue weighted by atomic mass is 9.75. The van der Waals surface area contributed by atoms with Gasteiger partial charge in [-0.1, -0.05) is 214 Å². The van der Waals surface area contributed by atoms with Crippen molar-refractivity contribution in [3.63, 3.8) is 0 Å². The molecule has 71 heavy (non-hydrogen) atoms. The SMILES string of the molecule is CC(C)c1ccccc1-c1cc(-c2cccc(-c3cc(-c4ccccc4C(C)C)cc(-c4c(C(C)C)cccc4C(C)C)c3C(C)C)c2CS[N+](=O)[O-])c(C(C)C)c(-c2c(C(C)C)cccc2C(C)C)c1. The van der Waals surface area contributed by atoms with Crippen LogP contribution in [0.2, 0.25) is 0 Å². The highest BCUT2D eigenvalue weighted by molar-refractivity contribution is 7.92. The van der Waals surface area contributed by atoms with Gasteiger partial charge in [-0.15, -0.1) is 0 Å². The van der Waals surface area contributed by atoms with Crippen LogP contribution in [0.3, 0.4) is 0 Å². The van der Waals surface area contributed by atoms with Gasteiger partial charge in [0.1, 0.15) is 4.33 Å². The average molecular weight is 962 g/mol. The molecular weight excluding hydrogens is 883 g/mol. The van der Waals surface area contributed by atoms with Crippen LogP contribution in [-0.2, 0) is 5.75 Å². The zero-order valence-electron chi connectivity index (χ0n) is 45.6. The van der Waals surface area contributed by atoms with Crippen LogP contribution in [-0.4, -0.2) is 4.33 Å². The molecule has 3 nitrogen and oxygen atoms in total. The Kier molecular flexibility index (Phi) is 16.7. The molecule has 0 bridgehead atoms. The van der Waals surface area contributed by atoms with Crippen molar-refractivity contribution in [3.05, 3.63) is 188 Å². The summed E-state index contributed by atoms with van der Waals surface area (Å²) in [6, 6.07) is 48.0. The molecule has 0 spiro atoms. The fraction of sp³-hybridized carbons (Fsp3) is 0.373. The first-order valence-corrected chi connectivity index (χ1v) is 27.4. The average Bonchev–Trinajstić information content (AvgIpc) is 3.33. The summed E-state index contributed by atoms with van der Waals surface area (Å²) >= 11 is 0.793. The van der Waals surface area contributed by atoms with E-state index in [2.05, 4.69) is 238 Å². The van der Waals surface area contributed by atoms with Crippen molar-refractivity contribution in [2.75, 3.05) is 0 Å². The van der Waals surface area contributed by atoms with E-state index in [1.165, 1.54) is 89.0 Å². The quantitative estimate of drug-likeness (QED) is 0.0519. The Labute approximate surface area is 432 Å². The first kappa shape index (κ1) is 53.1. The minimum Gasteiger partial charge on any atom is -0.251 e. The number of rotatable bonds is 17. The van der Waals surface area contributed by atoms with Gasteiger partial charge in [-0.25, -0.2) is 0 Å². The maximum Gasteiger partial charge on any atom is 0.232 e. The number of nitro groups is 1. The zero-order valence-corrected chi connectivity index (χ0v) is 46.4. The van der Waals surface area contributed by atoms with Crippen LogP contribution in [0, 0.1) is 10.1 Å². The highest BCUT2D eigenvalue weighted by Crippen LogP contribution is 2.51. The molecule has 0 heterocycles. The maximum absolute atomic E-state index is 12.8. The van der Waals surface area contributed by atoms with Crippen molar-refractivity contribution < 1.29 is 4.33 Å². The molecule has 0 saturated carbocycles. The largest absolute Gasteiger partial charge is 0.251 e. The highest BCUT2D eigenvalue weighted by atomic mass is 32.2. The van der Waals surface area contributed by atoms with E-state index in [4.69, 9.17) is 0 Å². The van der Waals surface area contributed by atoms with Gasteiger partial charge >= 0.3 is 0 Å². The van der Waals surface area contributed by atoms with Crippen LogP contribution >= 0.6 is 11.9 Å². The fourth-order valence-electron chi connectivity index (χ4n) is 11.3. The van der Waals surface area contributed by atoms with E-state index in [9.17, 15) is 10.1 Å². The van der Waals surface area contributed by atoms with Gasteiger partial charge in [0.2, 0.25) is 11.9 Å². The van der Waals surface area contributed by atoms with Gasteiger partial charge in [-0.2, -0.15) is 0 Å². The van der Waals surface area contributed by atoms with Crippen molar-refractivity contribution in [2.24, 2.45) is 0 Å². The first-order chi connectivity index (χ1) is 33.7. The molecule has 0 aliphatic carbocycles. The van der Waals surface area contributed by atoms with Crippen molar-refractivity contribution >= 4 is 11.9 Å². The smallest absolute Gasteiger partial charge is 0.232 e. The second-order valence-corrected chi connectivity index (χ2v) is 23.2. The molecule has 7 rings (SSSR count). The van der Waals surface area contributed by atoms with Gasteiger partial charge in [0.15, 0.2) is 0 Å². The van der Waals surface area contributed by atoms with Gasteiger partial charge in [0.25, 0.3) is 0 Å². The monoisotopic (exact) mass is 962 g/mol. The molecule has 7 aromatic rings. The first-order valence-electron chi connectivity index (χ1n) is 26.4. The summed E-state index contributed by atoms with van der Waals surface area (Å²) in [6.45, 7) is 36.9. The molecule has 0 aromatic heterocycles. The molecule has 370 valence electrons. The lowest BCUT2D eigenvalue weighted by Gasteiger charge is -2.29. The molecule has 0 aliphatic heterocycles. The molecule has 7 aromatic carbocycles. The summed E-state index contributed by atoms with van der Waals surface area (Å²) in [6.07, 6.45) is 0. The lowest BCUT2D eigenvalue weighted by Crippen LogP contribution is -2.07. The predicted octanol–water partition coefficient (Wildman–Crippen LogP) is 21.1. The van der Waals surface area contributed by atoms with Gasteiger partial charge in [0.05, 0.1) is 5.75 Å². The summed E-state index contributed by atoms with van der Waals surface area (Å²) in [5.74, 6) is 2.26. The molecule has 0 aliphatic rings. The predicted molar refractivity (Wildman–Crippen MR) is 310 cm³/mol. The second-order valence-electron chi connectivity index (χ2n) is 22.3. The van der Waals surface area contributed by atoms with Crippen LogP contribution in [0.5, 0.6) is 0 Å². The van der Waals surface area contributed by atoms with E-state index < -0.39 is 0 Å². The second kappa shape index (κ2) is 22.4. The number of hydrogen-bond acceptors (Lipinski definition) is 3. The third kappa shape index (κ3) is 10.9. The zero-order chi connectivity index (χ0) is 51.6. The number of benzene rings is 7. The summed E-state index contributed by atoms with van der Waals surface area (Å²) < 4.78 is -0.212. The van der Waals surface area contributed by atoms with Crippen LogP contribution < -0.4 is 0 Å². The van der Waals surface area contributed by atoms with Crippen molar-refractivity contribution in [1.29, 1.82) is 0 Å². The molecule has 0 N–H and O–H groups in total.